The Morgan fingerprint density at radius 1 is 0.608 bits per heavy atom. The topological polar surface area (TPSA) is 332 Å². The molecule has 0 heterocycles. The van der Waals surface area contributed by atoms with Crippen LogP contribution in [0.15, 0.2) is 103 Å². The monoisotopic (exact) mass is 925 g/mol. The van der Waals surface area contributed by atoms with E-state index in [1.807, 2.05) is 0 Å². The Morgan fingerprint density at radius 2 is 0.882 bits per heavy atom. The van der Waals surface area contributed by atoms with Crippen LogP contribution in [0.2, 0.25) is 0 Å². The minimum absolute atomic E-state index is 0. The zero-order chi connectivity index (χ0) is 37.8. The van der Waals surface area contributed by atoms with Crippen LogP contribution in [0.1, 0.15) is 31.8 Å². The fourth-order valence-electron chi connectivity index (χ4n) is 3.57. The molecule has 0 aliphatic carbocycles. The molecule has 0 bridgehead atoms. The molecule has 0 radical (unpaired) electrons. The molecule has 0 spiro atoms. The van der Waals surface area contributed by atoms with Crippen LogP contribution in [0.3, 0.4) is 0 Å². The van der Waals surface area contributed by atoms with E-state index in [2.05, 4.69) is 20.5 Å². The predicted octanol–water partition coefficient (Wildman–Crippen LogP) is 4.86. The average Bonchev–Trinajstić information content (AvgIpc) is 3.05. The van der Waals surface area contributed by atoms with Crippen LogP contribution < -0.4 is 0 Å². The Balaban J connectivity index is 0.000000453. The van der Waals surface area contributed by atoms with Crippen LogP contribution in [0.25, 0.3) is 11.5 Å². The number of phenols is 2. The third-order valence-electron chi connectivity index (χ3n) is 6.00. The van der Waals surface area contributed by atoms with Gasteiger partial charge in [-0.2, -0.15) is 33.5 Å². The number of azo groups is 2. The van der Waals surface area contributed by atoms with Gasteiger partial charge in [0.25, 0.3) is 0 Å². The molecule has 18 nitrogen and oxygen atoms in total. The van der Waals surface area contributed by atoms with E-state index >= 15 is 0 Å². The average molecular weight is 926 g/mol. The van der Waals surface area contributed by atoms with Crippen LogP contribution in [0, 0.1) is 13.8 Å². The van der Waals surface area contributed by atoms with Crippen LogP contribution in [-0.2, 0) is 41.3 Å². The number of nitrogens with zero attached hydrogens (tertiary/aromatic N) is 4. The van der Waals surface area contributed by atoms with E-state index in [0.717, 1.165) is 24.3 Å². The number of nitrogens with one attached hydrogen (secondary N) is 2. The second-order valence-electron chi connectivity index (χ2n) is 9.77. The number of carbonyl (C=O) groups is 2. The van der Waals surface area contributed by atoms with E-state index in [4.69, 9.17) is 21.7 Å². The van der Waals surface area contributed by atoms with Crippen molar-refractivity contribution in [1.82, 2.24) is 0 Å². The Bertz CT molecular complexity index is 1980. The van der Waals surface area contributed by atoms with E-state index < -0.39 is 32.2 Å². The number of rotatable bonds is 9. The van der Waals surface area contributed by atoms with Gasteiger partial charge in [-0.25, -0.2) is 16.8 Å². The van der Waals surface area contributed by atoms with Crippen LogP contribution in [-0.4, -0.2) is 71.4 Å². The Morgan fingerprint density at radius 3 is 1.12 bits per heavy atom. The number of aromatic hydroxyl groups is 2. The van der Waals surface area contributed by atoms with Crippen LogP contribution in [0.4, 0.5) is 22.7 Å². The maximum Gasteiger partial charge on any atom is 4.00 e. The SMILES string of the molecule is Cc1cc(N=Nc2ccc(S(=O)(=O)[O-])cc2)cc(C(=O)[OH2+])c1O.Cc1cc(N=Nc2ccc(S(=O)(=O)[O-])cc2)cc(C(=O)[OH2+])c1O.[NH-]CC[NH-].[Pt+4]. The summed E-state index contributed by atoms with van der Waals surface area (Å²) in [5, 5.41) is 48.9. The van der Waals surface area contributed by atoms with Gasteiger partial charge < -0.3 is 41.0 Å². The molecule has 51 heavy (non-hydrogen) atoms. The molecule has 21 heteroatoms. The summed E-state index contributed by atoms with van der Waals surface area (Å²) in [5.41, 5.74) is 14.0. The molecule has 0 amide bonds. The molecule has 0 atom stereocenters. The van der Waals surface area contributed by atoms with E-state index in [-0.39, 0.29) is 77.9 Å². The molecule has 0 aromatic heterocycles. The molecule has 0 fully saturated rings. The van der Waals surface area contributed by atoms with Gasteiger partial charge in [0.2, 0.25) is 0 Å². The van der Waals surface area contributed by atoms with Crippen LogP contribution >= 0.6 is 0 Å². The normalized spacial score (nSPS) is 11.2. The first-order valence-electron chi connectivity index (χ1n) is 13.7. The van der Waals surface area contributed by atoms with Gasteiger partial charge >= 0.3 is 33.0 Å². The summed E-state index contributed by atoms with van der Waals surface area (Å²) in [6, 6.07) is 15.0. The van der Waals surface area contributed by atoms with Crippen molar-refractivity contribution < 1.29 is 77.0 Å². The Kier molecular flexibility index (Phi) is 16.8. The zero-order valence-corrected chi connectivity index (χ0v) is 30.3. The summed E-state index contributed by atoms with van der Waals surface area (Å²) < 4.78 is 64.9. The van der Waals surface area contributed by atoms with Crippen molar-refractivity contribution in [2.24, 2.45) is 20.5 Å². The molecule has 0 aliphatic heterocycles. The van der Waals surface area contributed by atoms with Gasteiger partial charge in [0.05, 0.1) is 32.5 Å². The number of hydrogen-bond donors (Lipinski definition) is 2. The fourth-order valence-corrected chi connectivity index (χ4v) is 4.51. The van der Waals surface area contributed by atoms with E-state index in [9.17, 15) is 45.7 Å². The second-order valence-corrected chi connectivity index (χ2v) is 12.5. The first-order chi connectivity index (χ1) is 23.3. The maximum atomic E-state index is 11.1. The largest absolute Gasteiger partial charge is 4.00 e. The maximum absolute atomic E-state index is 11.1. The van der Waals surface area contributed by atoms with Gasteiger partial charge in [-0.15, -0.1) is 0 Å². The number of hydrogen-bond acceptors (Lipinski definition) is 14. The van der Waals surface area contributed by atoms with Gasteiger partial charge in [0, 0.05) is 9.59 Å². The molecule has 0 unspecified atom stereocenters. The minimum atomic E-state index is -4.52. The zero-order valence-electron chi connectivity index (χ0n) is 26.4. The molecule has 8 N–H and O–H groups in total. The predicted molar refractivity (Wildman–Crippen MR) is 177 cm³/mol. The van der Waals surface area contributed by atoms with Gasteiger partial charge in [0.1, 0.15) is 31.7 Å². The number of aryl methyl sites for hydroxylation is 2. The molecule has 4 aromatic rings. The van der Waals surface area contributed by atoms with Gasteiger partial charge in [-0.1, -0.05) is 0 Å². The third kappa shape index (κ3) is 13.7. The fraction of sp³-hybridized carbons (Fsp3) is 0.133. The summed E-state index contributed by atoms with van der Waals surface area (Å²) in [6.45, 7) is 3.57. The third-order valence-corrected chi connectivity index (χ3v) is 7.70. The first kappa shape index (κ1) is 44.1. The number of phenolic OH excluding ortho intramolecular Hbond substituents is 2. The first-order valence-corrected chi connectivity index (χ1v) is 16.5. The molecule has 0 saturated heterocycles. The summed E-state index contributed by atoms with van der Waals surface area (Å²) in [4.78, 5) is 21.5. The van der Waals surface area contributed by atoms with Crippen molar-refractivity contribution in [2.75, 3.05) is 13.1 Å². The number of benzene rings is 4. The summed E-state index contributed by atoms with van der Waals surface area (Å²) in [7, 11) is -9.04. The van der Waals surface area contributed by atoms with E-state index in [0.29, 0.717) is 22.5 Å². The van der Waals surface area contributed by atoms with Crippen molar-refractivity contribution >= 4 is 54.9 Å². The van der Waals surface area contributed by atoms with Crippen molar-refractivity contribution in [3.05, 3.63) is 107 Å². The van der Waals surface area contributed by atoms with E-state index in [1.54, 1.807) is 13.8 Å². The van der Waals surface area contributed by atoms with E-state index in [1.165, 1.54) is 48.5 Å². The smallest absolute Gasteiger partial charge is 0.744 e. The van der Waals surface area contributed by atoms with Gasteiger partial charge in [-0.3, -0.25) is 0 Å². The standard InChI is InChI=1S/2C14H12N2O6S.C2H6N2.Pt/c2*1-8-6-10(7-12(13(8)17)14(18)19)16-15-9-2-4-11(5-3-9)23(20,21)22;3-1-2-4;/h2*2-7,17H,1H3,(H,18,19)(H,20,21,22);3-4H,1-2H2;/q;;-2;+4. The quantitative estimate of drug-likeness (QED) is 0.130. The Labute approximate surface area is 306 Å². The van der Waals surface area contributed by atoms with Crippen molar-refractivity contribution in [3.8, 4) is 11.5 Å². The second kappa shape index (κ2) is 19.4. The molecule has 272 valence electrons. The van der Waals surface area contributed by atoms with Crippen LogP contribution in [0.5, 0.6) is 11.5 Å². The molecule has 4 aromatic carbocycles. The van der Waals surface area contributed by atoms with Gasteiger partial charge in [-0.05, 0) is 97.8 Å². The number of carbonyl (C=O) groups excluding carboxylic acids is 2. The summed E-state index contributed by atoms with van der Waals surface area (Å²) >= 11 is 0. The summed E-state index contributed by atoms with van der Waals surface area (Å²) in [6.07, 6.45) is 0. The molecular weight excluding hydrogens is 896 g/mol. The summed E-state index contributed by atoms with van der Waals surface area (Å²) in [5.74, 6) is -2.66. The Hall–Kier alpha value is -4.95. The molecule has 0 aliphatic rings. The molecular formula is C30H30N6O12PtS2+2. The van der Waals surface area contributed by atoms with Crippen molar-refractivity contribution in [1.29, 1.82) is 0 Å². The van der Waals surface area contributed by atoms with Crippen molar-refractivity contribution in [3.63, 3.8) is 0 Å². The molecule has 4 rings (SSSR count). The van der Waals surface area contributed by atoms with Crippen molar-refractivity contribution in [2.45, 2.75) is 23.6 Å². The minimum Gasteiger partial charge on any atom is -0.744 e. The molecule has 0 saturated carbocycles. The van der Waals surface area contributed by atoms with Gasteiger partial charge in [0.15, 0.2) is 11.1 Å².